The summed E-state index contributed by atoms with van der Waals surface area (Å²) in [5.74, 6) is 2.39. The Hall–Kier alpha value is -1.71. The van der Waals surface area contributed by atoms with Crippen molar-refractivity contribution in [1.29, 1.82) is 0 Å². The van der Waals surface area contributed by atoms with E-state index in [4.69, 9.17) is 9.47 Å². The number of ether oxygens (including phenoxy) is 2. The van der Waals surface area contributed by atoms with Gasteiger partial charge in [-0.3, -0.25) is 9.79 Å². The van der Waals surface area contributed by atoms with E-state index in [9.17, 15) is 4.79 Å². The number of aryl methyl sites for hydroxylation is 1. The first-order valence-corrected chi connectivity index (χ1v) is 11.2. The molecule has 2 rings (SSSR count). The van der Waals surface area contributed by atoms with Gasteiger partial charge in [0.2, 0.25) is 5.91 Å². The first-order valence-electron chi connectivity index (χ1n) is 11.2. The molecule has 1 fully saturated rings. The molecule has 0 saturated heterocycles. The van der Waals surface area contributed by atoms with E-state index < -0.39 is 0 Å². The second-order valence-electron chi connectivity index (χ2n) is 7.60. The van der Waals surface area contributed by atoms with Crippen molar-refractivity contribution in [3.8, 4) is 11.5 Å². The number of amides is 1. The number of hydrogen-bond donors (Lipinski definition) is 3. The van der Waals surface area contributed by atoms with Crippen LogP contribution in [-0.2, 0) is 11.2 Å². The van der Waals surface area contributed by atoms with Gasteiger partial charge in [-0.1, -0.05) is 25.3 Å². The highest BCUT2D eigenvalue weighted by Gasteiger charge is 2.15. The monoisotopic (exact) mass is 546 g/mol. The minimum atomic E-state index is 0. The first-order chi connectivity index (χ1) is 14.7. The molecule has 0 spiro atoms. The average Bonchev–Trinajstić information content (AvgIpc) is 2.76. The number of methoxy groups -OCH3 is 1. The molecule has 1 amide bonds. The van der Waals surface area contributed by atoms with Crippen LogP contribution in [0.2, 0.25) is 0 Å². The number of carbonyl (C=O) groups is 1. The number of aliphatic imine (C=N–C) groups is 1. The molecule has 1 aromatic rings. The van der Waals surface area contributed by atoms with Crippen LogP contribution in [0, 0.1) is 0 Å². The van der Waals surface area contributed by atoms with Crippen molar-refractivity contribution in [3.05, 3.63) is 23.8 Å². The van der Waals surface area contributed by atoms with Gasteiger partial charge in [0, 0.05) is 32.6 Å². The van der Waals surface area contributed by atoms with Crippen LogP contribution < -0.4 is 25.4 Å². The highest BCUT2D eigenvalue weighted by molar-refractivity contribution is 14.0. The molecular formula is C23H39IN4O3. The van der Waals surface area contributed by atoms with Gasteiger partial charge in [0.1, 0.15) is 0 Å². The van der Waals surface area contributed by atoms with E-state index in [1.807, 2.05) is 19.1 Å². The van der Waals surface area contributed by atoms with Crippen molar-refractivity contribution in [2.45, 2.75) is 64.3 Å². The Morgan fingerprint density at radius 1 is 1.13 bits per heavy atom. The summed E-state index contributed by atoms with van der Waals surface area (Å²) in [6, 6.07) is 6.43. The molecule has 1 aliphatic carbocycles. The maximum atomic E-state index is 12.1. The van der Waals surface area contributed by atoms with Crippen LogP contribution in [0.3, 0.4) is 0 Å². The van der Waals surface area contributed by atoms with Gasteiger partial charge in [-0.2, -0.15) is 0 Å². The summed E-state index contributed by atoms with van der Waals surface area (Å²) in [7, 11) is 3.40. The maximum Gasteiger partial charge on any atom is 0.221 e. The zero-order valence-corrected chi connectivity index (χ0v) is 21.5. The molecule has 1 aliphatic rings. The summed E-state index contributed by atoms with van der Waals surface area (Å²) in [4.78, 5) is 16.3. The molecular weight excluding hydrogens is 507 g/mol. The van der Waals surface area contributed by atoms with Gasteiger partial charge < -0.3 is 25.4 Å². The van der Waals surface area contributed by atoms with Crippen LogP contribution in [0.1, 0.15) is 57.4 Å². The van der Waals surface area contributed by atoms with E-state index in [1.165, 1.54) is 24.8 Å². The molecule has 0 radical (unpaired) electrons. The van der Waals surface area contributed by atoms with Crippen molar-refractivity contribution < 1.29 is 14.3 Å². The lowest BCUT2D eigenvalue weighted by molar-refractivity contribution is -0.121. The largest absolute Gasteiger partial charge is 0.493 e. The van der Waals surface area contributed by atoms with Gasteiger partial charge >= 0.3 is 0 Å². The molecule has 8 heteroatoms. The van der Waals surface area contributed by atoms with E-state index in [2.05, 4.69) is 27.0 Å². The molecule has 0 aromatic heterocycles. The number of halogens is 1. The molecule has 0 heterocycles. The summed E-state index contributed by atoms with van der Waals surface area (Å²) in [5, 5.41) is 9.67. The Bertz CT molecular complexity index is 679. The van der Waals surface area contributed by atoms with Crippen molar-refractivity contribution in [1.82, 2.24) is 16.0 Å². The molecule has 0 unspecified atom stereocenters. The van der Waals surface area contributed by atoms with E-state index >= 15 is 0 Å². The summed E-state index contributed by atoms with van der Waals surface area (Å²) in [6.07, 6.45) is 8.32. The van der Waals surface area contributed by atoms with Crippen LogP contribution in [0.4, 0.5) is 0 Å². The van der Waals surface area contributed by atoms with Crippen LogP contribution in [0.15, 0.2) is 23.2 Å². The van der Waals surface area contributed by atoms with Gasteiger partial charge in [-0.15, -0.1) is 24.0 Å². The fraction of sp³-hybridized carbons (Fsp3) is 0.652. The second-order valence-corrected chi connectivity index (χ2v) is 7.60. The number of hydrogen-bond acceptors (Lipinski definition) is 4. The SMILES string of the molecule is CCOc1cc(CCCNC(=NC)NCCC(=O)NC2CCCCC2)ccc1OC.I. The predicted molar refractivity (Wildman–Crippen MR) is 137 cm³/mol. The van der Waals surface area contributed by atoms with Gasteiger partial charge in [0.25, 0.3) is 0 Å². The van der Waals surface area contributed by atoms with E-state index in [1.54, 1.807) is 14.2 Å². The fourth-order valence-corrected chi connectivity index (χ4v) is 3.71. The van der Waals surface area contributed by atoms with Gasteiger partial charge in [-0.05, 0) is 50.3 Å². The normalized spacial score (nSPS) is 14.4. The first kappa shape index (κ1) is 27.3. The smallest absolute Gasteiger partial charge is 0.221 e. The zero-order chi connectivity index (χ0) is 21.6. The minimum absolute atomic E-state index is 0. The number of guanidine groups is 1. The Labute approximate surface area is 204 Å². The molecule has 31 heavy (non-hydrogen) atoms. The van der Waals surface area contributed by atoms with Crippen molar-refractivity contribution in [2.75, 3.05) is 33.9 Å². The third-order valence-electron chi connectivity index (χ3n) is 5.30. The third kappa shape index (κ3) is 10.4. The molecule has 0 aliphatic heterocycles. The van der Waals surface area contributed by atoms with Crippen molar-refractivity contribution in [3.63, 3.8) is 0 Å². The van der Waals surface area contributed by atoms with E-state index in [0.717, 1.165) is 49.7 Å². The number of rotatable bonds is 11. The topological polar surface area (TPSA) is 84.0 Å². The van der Waals surface area contributed by atoms with Gasteiger partial charge in [0.15, 0.2) is 17.5 Å². The van der Waals surface area contributed by atoms with Crippen LogP contribution >= 0.6 is 24.0 Å². The number of carbonyl (C=O) groups excluding carboxylic acids is 1. The fourth-order valence-electron chi connectivity index (χ4n) is 3.71. The quantitative estimate of drug-likeness (QED) is 0.171. The average molecular weight is 546 g/mol. The molecule has 1 saturated carbocycles. The van der Waals surface area contributed by atoms with Gasteiger partial charge in [-0.25, -0.2) is 0 Å². The Morgan fingerprint density at radius 3 is 2.55 bits per heavy atom. The van der Waals surface area contributed by atoms with E-state index in [0.29, 0.717) is 25.6 Å². The predicted octanol–water partition coefficient (Wildman–Crippen LogP) is 3.65. The molecule has 0 atom stereocenters. The highest BCUT2D eigenvalue weighted by Crippen LogP contribution is 2.28. The molecule has 1 aromatic carbocycles. The number of nitrogens with zero attached hydrogens (tertiary/aromatic N) is 1. The van der Waals surface area contributed by atoms with Crippen LogP contribution in [-0.4, -0.2) is 51.8 Å². The zero-order valence-electron chi connectivity index (χ0n) is 19.2. The highest BCUT2D eigenvalue weighted by atomic mass is 127. The summed E-state index contributed by atoms with van der Waals surface area (Å²) in [6.45, 7) is 3.95. The van der Waals surface area contributed by atoms with E-state index in [-0.39, 0.29) is 29.9 Å². The Morgan fingerprint density at radius 2 is 1.87 bits per heavy atom. The summed E-state index contributed by atoms with van der Waals surface area (Å²) in [5.41, 5.74) is 1.21. The molecule has 0 bridgehead atoms. The summed E-state index contributed by atoms with van der Waals surface area (Å²) < 4.78 is 11.0. The maximum absolute atomic E-state index is 12.1. The van der Waals surface area contributed by atoms with Crippen molar-refractivity contribution >= 4 is 35.8 Å². The van der Waals surface area contributed by atoms with Gasteiger partial charge in [0.05, 0.1) is 13.7 Å². The second kappa shape index (κ2) is 16.0. The van der Waals surface area contributed by atoms with Crippen LogP contribution in [0.5, 0.6) is 11.5 Å². The van der Waals surface area contributed by atoms with Crippen LogP contribution in [0.25, 0.3) is 0 Å². The molecule has 7 nitrogen and oxygen atoms in total. The minimum Gasteiger partial charge on any atom is -0.493 e. The third-order valence-corrected chi connectivity index (χ3v) is 5.30. The lowest BCUT2D eigenvalue weighted by Crippen LogP contribution is -2.41. The van der Waals surface area contributed by atoms with Crippen molar-refractivity contribution in [2.24, 2.45) is 4.99 Å². The Balaban J connectivity index is 0.00000480. The molecule has 176 valence electrons. The standard InChI is InChI=1S/C23H38N4O3.HI/c1-4-30-21-17-18(12-13-20(21)29-3)9-8-15-25-23(24-2)26-16-14-22(28)27-19-10-6-5-7-11-19;/h12-13,17,19H,4-11,14-16H2,1-3H3,(H,27,28)(H2,24,25,26);1H. The molecule has 3 N–H and O–H groups in total. The number of nitrogens with one attached hydrogen (secondary N) is 3. The lowest BCUT2D eigenvalue weighted by Gasteiger charge is -2.22. The lowest BCUT2D eigenvalue weighted by atomic mass is 9.95. The Kier molecular flexibility index (Phi) is 14.1. The summed E-state index contributed by atoms with van der Waals surface area (Å²) >= 11 is 0. The number of benzene rings is 1.